The minimum absolute atomic E-state index is 0.0689. The summed E-state index contributed by atoms with van der Waals surface area (Å²) in [5.74, 6) is -2.15. The molecule has 2 heterocycles. The predicted octanol–water partition coefficient (Wildman–Crippen LogP) is 3.91. The molecule has 1 atom stereocenters. The molecule has 1 unspecified atom stereocenters. The highest BCUT2D eigenvalue weighted by atomic mass is 19.1. The molecule has 160 valence electrons. The van der Waals surface area contributed by atoms with Gasteiger partial charge in [-0.3, -0.25) is 9.59 Å². The van der Waals surface area contributed by atoms with Crippen LogP contribution in [0.2, 0.25) is 0 Å². The van der Waals surface area contributed by atoms with Crippen molar-refractivity contribution >= 4 is 17.5 Å². The van der Waals surface area contributed by atoms with Gasteiger partial charge in [0.15, 0.2) is 5.76 Å². The lowest BCUT2D eigenvalue weighted by molar-refractivity contribution is -0.126. The third-order valence-corrected chi connectivity index (χ3v) is 5.50. The van der Waals surface area contributed by atoms with E-state index in [1.807, 2.05) is 32.0 Å². The second kappa shape index (κ2) is 8.29. The summed E-state index contributed by atoms with van der Waals surface area (Å²) in [6, 6.07) is 10.4. The smallest absolute Gasteiger partial charge is 0.227 e. The standard InChI is InChI=1S/C23H21F2N3O3/c1-13-3-5-18(7-14(13)2)28-12-15(8-22(28)29)23(30)26-11-17-10-21(31-27-17)19-6-4-16(24)9-20(19)25/h3-7,9-10,15H,8,11-12H2,1-2H3,(H,26,30). The number of anilines is 1. The van der Waals surface area contributed by atoms with Gasteiger partial charge in [0, 0.05) is 30.8 Å². The number of amides is 2. The maximum atomic E-state index is 13.9. The van der Waals surface area contributed by atoms with Crippen molar-refractivity contribution in [1.29, 1.82) is 0 Å². The van der Waals surface area contributed by atoms with Crippen LogP contribution < -0.4 is 10.2 Å². The van der Waals surface area contributed by atoms with Crippen molar-refractivity contribution in [2.75, 3.05) is 11.4 Å². The first kappa shape index (κ1) is 20.7. The molecule has 1 N–H and O–H groups in total. The van der Waals surface area contributed by atoms with Crippen LogP contribution in [-0.2, 0) is 16.1 Å². The molecule has 6 nitrogen and oxygen atoms in total. The maximum Gasteiger partial charge on any atom is 0.227 e. The van der Waals surface area contributed by atoms with Crippen LogP contribution in [0.5, 0.6) is 0 Å². The van der Waals surface area contributed by atoms with Crippen molar-refractivity contribution in [3.05, 3.63) is 70.9 Å². The van der Waals surface area contributed by atoms with Gasteiger partial charge in [-0.1, -0.05) is 11.2 Å². The Morgan fingerprint density at radius 2 is 1.97 bits per heavy atom. The molecule has 4 rings (SSSR count). The number of benzene rings is 2. The minimum atomic E-state index is -0.761. The van der Waals surface area contributed by atoms with Crippen LogP contribution in [0.3, 0.4) is 0 Å². The number of carbonyl (C=O) groups is 2. The molecular formula is C23H21F2N3O3. The maximum absolute atomic E-state index is 13.9. The summed E-state index contributed by atoms with van der Waals surface area (Å²) in [5, 5.41) is 6.57. The molecule has 1 fully saturated rings. The van der Waals surface area contributed by atoms with E-state index in [2.05, 4.69) is 10.5 Å². The number of nitrogens with one attached hydrogen (secondary N) is 1. The van der Waals surface area contributed by atoms with Crippen LogP contribution in [-0.4, -0.2) is 23.5 Å². The van der Waals surface area contributed by atoms with Crippen LogP contribution >= 0.6 is 0 Å². The topological polar surface area (TPSA) is 75.4 Å². The summed E-state index contributed by atoms with van der Waals surface area (Å²) >= 11 is 0. The highest BCUT2D eigenvalue weighted by molar-refractivity contribution is 6.00. The summed E-state index contributed by atoms with van der Waals surface area (Å²) in [6.45, 7) is 4.35. The van der Waals surface area contributed by atoms with Crippen LogP contribution in [0.25, 0.3) is 11.3 Å². The van der Waals surface area contributed by atoms with Crippen LogP contribution in [0, 0.1) is 31.4 Å². The zero-order valence-electron chi connectivity index (χ0n) is 17.1. The first-order valence-electron chi connectivity index (χ1n) is 9.88. The van der Waals surface area contributed by atoms with Gasteiger partial charge in [-0.05, 0) is 49.2 Å². The average molecular weight is 425 g/mol. The summed E-state index contributed by atoms with van der Waals surface area (Å²) in [7, 11) is 0. The van der Waals surface area contributed by atoms with Crippen LogP contribution in [0.1, 0.15) is 23.2 Å². The molecule has 0 saturated carbocycles. The normalized spacial score (nSPS) is 16.1. The Labute approximate surface area is 177 Å². The van der Waals surface area contributed by atoms with Gasteiger partial charge in [0.25, 0.3) is 0 Å². The summed E-state index contributed by atoms with van der Waals surface area (Å²) in [5.41, 5.74) is 3.47. The van der Waals surface area contributed by atoms with E-state index >= 15 is 0 Å². The fraction of sp³-hybridized carbons (Fsp3) is 0.261. The molecule has 2 amide bonds. The van der Waals surface area contributed by atoms with Gasteiger partial charge >= 0.3 is 0 Å². The fourth-order valence-electron chi connectivity index (χ4n) is 3.56. The number of aromatic nitrogens is 1. The van der Waals surface area contributed by atoms with Gasteiger partial charge < -0.3 is 14.7 Å². The van der Waals surface area contributed by atoms with E-state index in [1.54, 1.807) is 4.90 Å². The molecule has 31 heavy (non-hydrogen) atoms. The zero-order valence-corrected chi connectivity index (χ0v) is 17.1. The van der Waals surface area contributed by atoms with Gasteiger partial charge in [-0.25, -0.2) is 8.78 Å². The first-order chi connectivity index (χ1) is 14.8. The molecule has 8 heteroatoms. The van der Waals surface area contributed by atoms with Crippen LogP contribution in [0.15, 0.2) is 47.0 Å². The van der Waals surface area contributed by atoms with Gasteiger partial charge in [0.1, 0.15) is 17.3 Å². The predicted molar refractivity (Wildman–Crippen MR) is 110 cm³/mol. The Balaban J connectivity index is 1.38. The number of halogens is 2. The number of nitrogens with zero attached hydrogens (tertiary/aromatic N) is 2. The van der Waals surface area contributed by atoms with Crippen molar-refractivity contribution < 1.29 is 22.9 Å². The lowest BCUT2D eigenvalue weighted by Crippen LogP contribution is -2.32. The molecule has 1 aromatic heterocycles. The fourth-order valence-corrected chi connectivity index (χ4v) is 3.56. The molecule has 2 aromatic carbocycles. The minimum Gasteiger partial charge on any atom is -0.356 e. The molecule has 1 aliphatic rings. The van der Waals surface area contributed by atoms with Gasteiger partial charge in [0.05, 0.1) is 18.0 Å². The lowest BCUT2D eigenvalue weighted by Gasteiger charge is -2.18. The Bertz CT molecular complexity index is 1160. The molecule has 0 radical (unpaired) electrons. The van der Waals surface area contributed by atoms with E-state index in [0.717, 1.165) is 28.9 Å². The van der Waals surface area contributed by atoms with Gasteiger partial charge in [-0.15, -0.1) is 0 Å². The van der Waals surface area contributed by atoms with Crippen molar-refractivity contribution in [2.45, 2.75) is 26.8 Å². The Morgan fingerprint density at radius 1 is 1.16 bits per heavy atom. The number of rotatable bonds is 5. The van der Waals surface area contributed by atoms with Crippen molar-refractivity contribution in [2.24, 2.45) is 5.92 Å². The Morgan fingerprint density at radius 3 is 2.71 bits per heavy atom. The number of aryl methyl sites for hydroxylation is 2. The van der Waals surface area contributed by atoms with E-state index in [0.29, 0.717) is 12.2 Å². The highest BCUT2D eigenvalue weighted by Gasteiger charge is 2.35. The first-order valence-corrected chi connectivity index (χ1v) is 9.88. The molecule has 0 spiro atoms. The third kappa shape index (κ3) is 4.33. The molecule has 1 aliphatic heterocycles. The SMILES string of the molecule is Cc1ccc(N2CC(C(=O)NCc3cc(-c4ccc(F)cc4F)on3)CC2=O)cc1C. The third-order valence-electron chi connectivity index (χ3n) is 5.50. The number of hydrogen-bond acceptors (Lipinski definition) is 4. The Kier molecular flexibility index (Phi) is 5.54. The molecular weight excluding hydrogens is 404 g/mol. The van der Waals surface area contributed by atoms with E-state index in [1.165, 1.54) is 12.1 Å². The average Bonchev–Trinajstić information content (AvgIpc) is 3.35. The summed E-state index contributed by atoms with van der Waals surface area (Å²) in [6.07, 6.45) is 0.129. The second-order valence-corrected chi connectivity index (χ2v) is 7.70. The van der Waals surface area contributed by atoms with E-state index in [-0.39, 0.29) is 36.1 Å². The van der Waals surface area contributed by atoms with Gasteiger partial charge in [0.2, 0.25) is 11.8 Å². The second-order valence-electron chi connectivity index (χ2n) is 7.70. The lowest BCUT2D eigenvalue weighted by atomic mass is 10.1. The van der Waals surface area contributed by atoms with E-state index < -0.39 is 17.6 Å². The molecule has 0 aliphatic carbocycles. The largest absolute Gasteiger partial charge is 0.356 e. The highest BCUT2D eigenvalue weighted by Crippen LogP contribution is 2.27. The van der Waals surface area contributed by atoms with E-state index in [9.17, 15) is 18.4 Å². The van der Waals surface area contributed by atoms with E-state index in [4.69, 9.17) is 4.52 Å². The van der Waals surface area contributed by atoms with Crippen LogP contribution in [0.4, 0.5) is 14.5 Å². The molecule has 3 aromatic rings. The number of hydrogen-bond donors (Lipinski definition) is 1. The Hall–Kier alpha value is -3.55. The zero-order chi connectivity index (χ0) is 22.1. The molecule has 0 bridgehead atoms. The van der Waals surface area contributed by atoms with Crippen molar-refractivity contribution in [1.82, 2.24) is 10.5 Å². The summed E-state index contributed by atoms with van der Waals surface area (Å²) in [4.78, 5) is 26.6. The van der Waals surface area contributed by atoms with Crippen molar-refractivity contribution in [3.63, 3.8) is 0 Å². The van der Waals surface area contributed by atoms with Crippen molar-refractivity contribution in [3.8, 4) is 11.3 Å². The summed E-state index contributed by atoms with van der Waals surface area (Å²) < 4.78 is 32.1. The number of carbonyl (C=O) groups excluding carboxylic acids is 2. The molecule has 1 saturated heterocycles. The van der Waals surface area contributed by atoms with Gasteiger partial charge in [-0.2, -0.15) is 0 Å². The monoisotopic (exact) mass is 425 g/mol. The quantitative estimate of drug-likeness (QED) is 0.673.